The maximum atomic E-state index is 12.7. The highest BCUT2D eigenvalue weighted by Crippen LogP contribution is 2.63. The molecule has 6 atom stereocenters. The fraction of sp³-hybridized carbons (Fsp3) is 0.862. The molecule has 6 unspecified atom stereocenters. The van der Waals surface area contributed by atoms with Gasteiger partial charge in [0.05, 0.1) is 0 Å². The van der Waals surface area contributed by atoms with Crippen LogP contribution in [0.4, 0.5) is 0 Å². The van der Waals surface area contributed by atoms with E-state index in [1.54, 1.807) is 0 Å². The Morgan fingerprint density at radius 2 is 1.72 bits per heavy atom. The summed E-state index contributed by atoms with van der Waals surface area (Å²) in [5.41, 5.74) is 1.67. The average molecular weight is 443 g/mol. The van der Waals surface area contributed by atoms with Crippen LogP contribution in [0.3, 0.4) is 0 Å². The Bertz CT molecular complexity index is 695. The highest BCUT2D eigenvalue weighted by atomic mass is 16.5. The SMILES string of the molecule is CCCCCCCCCC(=O)OC1CCC2C3CCC4=CC(=O)CCC4C3CCC12CC. The Hall–Kier alpha value is -1.12. The molecule has 3 saturated carbocycles. The van der Waals surface area contributed by atoms with Crippen LogP contribution in [0.15, 0.2) is 11.6 Å². The van der Waals surface area contributed by atoms with Gasteiger partial charge in [0.15, 0.2) is 5.78 Å². The van der Waals surface area contributed by atoms with Crippen molar-refractivity contribution in [1.29, 1.82) is 0 Å². The highest BCUT2D eigenvalue weighted by molar-refractivity contribution is 5.91. The number of carbonyl (C=O) groups excluding carboxylic acids is 2. The molecular formula is C29H46O3. The van der Waals surface area contributed by atoms with E-state index in [2.05, 4.69) is 13.8 Å². The Balaban J connectivity index is 1.31. The van der Waals surface area contributed by atoms with Crippen LogP contribution in [-0.2, 0) is 14.3 Å². The van der Waals surface area contributed by atoms with E-state index in [1.807, 2.05) is 6.08 Å². The van der Waals surface area contributed by atoms with Crippen LogP contribution in [0, 0.1) is 29.1 Å². The van der Waals surface area contributed by atoms with Gasteiger partial charge in [0.2, 0.25) is 0 Å². The lowest BCUT2D eigenvalue weighted by atomic mass is 9.51. The molecule has 4 aliphatic carbocycles. The number of allylic oxidation sites excluding steroid dienone is 1. The Kier molecular flexibility index (Phi) is 8.16. The Morgan fingerprint density at radius 3 is 2.50 bits per heavy atom. The van der Waals surface area contributed by atoms with Gasteiger partial charge in [-0.1, -0.05) is 57.9 Å². The van der Waals surface area contributed by atoms with Crippen LogP contribution in [0.1, 0.15) is 123 Å². The number of ketones is 1. The third-order valence-corrected chi connectivity index (χ3v) is 9.85. The number of rotatable bonds is 10. The first-order chi connectivity index (χ1) is 15.6. The summed E-state index contributed by atoms with van der Waals surface area (Å²) >= 11 is 0. The molecule has 0 radical (unpaired) electrons. The molecular weight excluding hydrogens is 396 g/mol. The minimum atomic E-state index is 0.0545. The van der Waals surface area contributed by atoms with Gasteiger partial charge in [-0.25, -0.2) is 0 Å². The van der Waals surface area contributed by atoms with Crippen molar-refractivity contribution in [2.75, 3.05) is 0 Å². The first-order valence-corrected chi connectivity index (χ1v) is 14.0. The van der Waals surface area contributed by atoms with E-state index < -0.39 is 0 Å². The van der Waals surface area contributed by atoms with Crippen molar-refractivity contribution < 1.29 is 14.3 Å². The van der Waals surface area contributed by atoms with E-state index in [-0.39, 0.29) is 17.5 Å². The van der Waals surface area contributed by atoms with Crippen LogP contribution in [-0.4, -0.2) is 17.9 Å². The topological polar surface area (TPSA) is 43.4 Å². The summed E-state index contributed by atoms with van der Waals surface area (Å²) in [6.45, 7) is 4.59. The predicted molar refractivity (Wildman–Crippen MR) is 129 cm³/mol. The molecule has 0 heterocycles. The summed E-state index contributed by atoms with van der Waals surface area (Å²) in [7, 11) is 0. The molecule has 3 heteroatoms. The lowest BCUT2D eigenvalue weighted by Gasteiger charge is -2.54. The van der Waals surface area contributed by atoms with E-state index in [9.17, 15) is 9.59 Å². The number of fused-ring (bicyclic) bond motifs is 5. The van der Waals surface area contributed by atoms with E-state index in [1.165, 1.54) is 63.4 Å². The van der Waals surface area contributed by atoms with Gasteiger partial charge >= 0.3 is 5.97 Å². The largest absolute Gasteiger partial charge is 0.462 e. The number of hydrogen-bond acceptors (Lipinski definition) is 3. The molecule has 180 valence electrons. The molecule has 0 aromatic rings. The molecule has 4 rings (SSSR count). The molecule has 0 aliphatic heterocycles. The quantitative estimate of drug-likeness (QED) is 0.259. The van der Waals surface area contributed by atoms with Crippen molar-refractivity contribution in [3.8, 4) is 0 Å². The molecule has 3 nitrogen and oxygen atoms in total. The van der Waals surface area contributed by atoms with Gasteiger partial charge in [-0.3, -0.25) is 9.59 Å². The van der Waals surface area contributed by atoms with E-state index in [0.717, 1.165) is 56.8 Å². The first kappa shape index (κ1) is 24.0. The predicted octanol–water partition coefficient (Wildman–Crippen LogP) is 7.57. The third-order valence-electron chi connectivity index (χ3n) is 9.85. The van der Waals surface area contributed by atoms with Crippen molar-refractivity contribution in [2.24, 2.45) is 29.1 Å². The minimum absolute atomic E-state index is 0.0545. The lowest BCUT2D eigenvalue weighted by molar-refractivity contribution is -0.160. The average Bonchev–Trinajstić information content (AvgIpc) is 3.16. The Morgan fingerprint density at radius 1 is 0.938 bits per heavy atom. The maximum absolute atomic E-state index is 12.7. The van der Waals surface area contributed by atoms with Crippen molar-refractivity contribution >= 4 is 11.8 Å². The molecule has 0 aromatic carbocycles. The van der Waals surface area contributed by atoms with Crippen molar-refractivity contribution in [3.63, 3.8) is 0 Å². The fourth-order valence-corrected chi connectivity index (χ4v) is 8.23. The van der Waals surface area contributed by atoms with Gasteiger partial charge in [0.25, 0.3) is 0 Å². The van der Waals surface area contributed by atoms with Gasteiger partial charge in [-0.2, -0.15) is 0 Å². The molecule has 0 bridgehead atoms. The minimum Gasteiger partial charge on any atom is -0.462 e. The van der Waals surface area contributed by atoms with E-state index in [4.69, 9.17) is 4.74 Å². The van der Waals surface area contributed by atoms with Crippen LogP contribution in [0.5, 0.6) is 0 Å². The van der Waals surface area contributed by atoms with Gasteiger partial charge in [-0.15, -0.1) is 0 Å². The second-order valence-corrected chi connectivity index (χ2v) is 11.4. The number of esters is 1. The van der Waals surface area contributed by atoms with E-state index in [0.29, 0.717) is 24.0 Å². The summed E-state index contributed by atoms with van der Waals surface area (Å²) in [5.74, 6) is 3.30. The maximum Gasteiger partial charge on any atom is 0.306 e. The van der Waals surface area contributed by atoms with Gasteiger partial charge in [-0.05, 0) is 87.5 Å². The summed E-state index contributed by atoms with van der Waals surface area (Å²) in [6, 6.07) is 0. The van der Waals surface area contributed by atoms with Crippen LogP contribution >= 0.6 is 0 Å². The van der Waals surface area contributed by atoms with Crippen molar-refractivity contribution in [1.82, 2.24) is 0 Å². The van der Waals surface area contributed by atoms with Crippen molar-refractivity contribution in [3.05, 3.63) is 11.6 Å². The summed E-state index contributed by atoms with van der Waals surface area (Å²) in [5, 5.41) is 0. The molecule has 0 amide bonds. The van der Waals surface area contributed by atoms with Crippen LogP contribution < -0.4 is 0 Å². The zero-order valence-electron chi connectivity index (χ0n) is 20.7. The second-order valence-electron chi connectivity index (χ2n) is 11.4. The highest BCUT2D eigenvalue weighted by Gasteiger charge is 2.58. The standard InChI is InChI=1S/C29H46O3/c1-3-5-6-7-8-9-10-11-28(31)32-27-17-16-26-25-14-12-21-20-22(30)13-15-23(21)24(25)18-19-29(26,27)4-2/h20,23-27H,3-19H2,1-2H3. The zero-order valence-corrected chi connectivity index (χ0v) is 20.7. The third kappa shape index (κ3) is 4.87. The number of ether oxygens (including phenoxy) is 1. The smallest absolute Gasteiger partial charge is 0.306 e. The molecule has 32 heavy (non-hydrogen) atoms. The van der Waals surface area contributed by atoms with Gasteiger partial charge in [0, 0.05) is 18.3 Å². The first-order valence-electron chi connectivity index (χ1n) is 14.0. The van der Waals surface area contributed by atoms with Crippen LogP contribution in [0.2, 0.25) is 0 Å². The Labute approximate surface area is 196 Å². The number of carbonyl (C=O) groups is 2. The van der Waals surface area contributed by atoms with Crippen LogP contribution in [0.25, 0.3) is 0 Å². The molecule has 4 aliphatic rings. The lowest BCUT2D eigenvalue weighted by Crippen LogP contribution is -2.49. The molecule has 0 saturated heterocycles. The normalized spacial score (nSPS) is 36.1. The van der Waals surface area contributed by atoms with Gasteiger partial charge < -0.3 is 4.74 Å². The summed E-state index contributed by atoms with van der Waals surface area (Å²) in [4.78, 5) is 24.6. The molecule has 3 fully saturated rings. The van der Waals surface area contributed by atoms with Crippen molar-refractivity contribution in [2.45, 2.75) is 129 Å². The number of hydrogen-bond donors (Lipinski definition) is 0. The molecule has 0 spiro atoms. The molecule has 0 N–H and O–H groups in total. The zero-order chi connectivity index (χ0) is 22.6. The van der Waals surface area contributed by atoms with Gasteiger partial charge in [0.1, 0.15) is 6.10 Å². The summed E-state index contributed by atoms with van der Waals surface area (Å²) < 4.78 is 6.23. The fourth-order valence-electron chi connectivity index (χ4n) is 8.23. The second kappa shape index (κ2) is 10.9. The summed E-state index contributed by atoms with van der Waals surface area (Å²) in [6.07, 6.45) is 21.5. The van der Waals surface area contributed by atoms with E-state index >= 15 is 0 Å². The monoisotopic (exact) mass is 442 g/mol. The number of unbranched alkanes of at least 4 members (excludes halogenated alkanes) is 6. The molecule has 0 aromatic heterocycles.